The summed E-state index contributed by atoms with van der Waals surface area (Å²) in [5.74, 6) is -1.04. The predicted octanol–water partition coefficient (Wildman–Crippen LogP) is 2.12. The van der Waals surface area contributed by atoms with E-state index in [0.717, 1.165) is 19.3 Å². The van der Waals surface area contributed by atoms with Gasteiger partial charge < -0.3 is 15.7 Å². The van der Waals surface area contributed by atoms with Crippen molar-refractivity contribution >= 4 is 12.0 Å². The molecule has 0 radical (unpaired) electrons. The smallest absolute Gasteiger partial charge is 0.315 e. The summed E-state index contributed by atoms with van der Waals surface area (Å²) in [6.45, 7) is 2.85. The summed E-state index contributed by atoms with van der Waals surface area (Å²) in [7, 11) is 0. The zero-order chi connectivity index (χ0) is 13.4. The highest BCUT2D eigenvalue weighted by atomic mass is 16.4. The number of urea groups is 1. The first-order chi connectivity index (χ1) is 8.63. The molecule has 0 saturated heterocycles. The van der Waals surface area contributed by atoms with Gasteiger partial charge in [0.2, 0.25) is 0 Å². The maximum absolute atomic E-state index is 11.5. The van der Waals surface area contributed by atoms with Crippen molar-refractivity contribution in [1.29, 1.82) is 0 Å². The summed E-state index contributed by atoms with van der Waals surface area (Å²) < 4.78 is 0. The van der Waals surface area contributed by atoms with Crippen LogP contribution in [0.4, 0.5) is 4.79 Å². The molecule has 1 aliphatic carbocycles. The number of carboxylic acids is 1. The second-order valence-electron chi connectivity index (χ2n) is 5.01. The van der Waals surface area contributed by atoms with Crippen molar-refractivity contribution in [3.8, 4) is 0 Å². The van der Waals surface area contributed by atoms with Crippen molar-refractivity contribution in [2.24, 2.45) is 5.92 Å². The first-order valence-corrected chi connectivity index (χ1v) is 6.90. The number of amides is 2. The van der Waals surface area contributed by atoms with Crippen molar-refractivity contribution in [2.75, 3.05) is 6.54 Å². The van der Waals surface area contributed by atoms with Crippen LogP contribution in [0.1, 0.15) is 51.9 Å². The van der Waals surface area contributed by atoms with E-state index in [4.69, 9.17) is 5.11 Å². The highest BCUT2D eigenvalue weighted by Gasteiger charge is 2.30. The number of aliphatic carboxylic acids is 1. The summed E-state index contributed by atoms with van der Waals surface area (Å²) >= 11 is 0. The minimum Gasteiger partial charge on any atom is -0.481 e. The molecule has 0 heterocycles. The number of carbonyl (C=O) groups excluding carboxylic acids is 1. The summed E-state index contributed by atoms with van der Waals surface area (Å²) in [4.78, 5) is 22.3. The first kappa shape index (κ1) is 14.8. The van der Waals surface area contributed by atoms with Gasteiger partial charge in [0.15, 0.2) is 0 Å². The second-order valence-corrected chi connectivity index (χ2v) is 5.01. The fourth-order valence-electron chi connectivity index (χ4n) is 2.33. The zero-order valence-electron chi connectivity index (χ0n) is 11.1. The van der Waals surface area contributed by atoms with E-state index in [1.807, 2.05) is 0 Å². The number of unbranched alkanes of at least 4 members (excludes halogenated alkanes) is 3. The third-order valence-corrected chi connectivity index (χ3v) is 3.43. The lowest BCUT2D eigenvalue weighted by molar-refractivity contribution is -0.141. The van der Waals surface area contributed by atoms with Crippen LogP contribution in [0.5, 0.6) is 0 Å². The van der Waals surface area contributed by atoms with Crippen LogP contribution in [0.2, 0.25) is 0 Å². The highest BCUT2D eigenvalue weighted by Crippen LogP contribution is 2.25. The molecule has 1 fully saturated rings. The maximum atomic E-state index is 11.5. The number of carboxylic acid groups (broad SMARTS) is 1. The minimum atomic E-state index is -0.751. The number of nitrogens with one attached hydrogen (secondary N) is 2. The van der Waals surface area contributed by atoms with E-state index in [1.54, 1.807) is 0 Å². The molecule has 1 saturated carbocycles. The lowest BCUT2D eigenvalue weighted by Gasteiger charge is -2.13. The fourth-order valence-corrected chi connectivity index (χ4v) is 2.33. The van der Waals surface area contributed by atoms with Gasteiger partial charge in [-0.15, -0.1) is 0 Å². The van der Waals surface area contributed by atoms with Crippen LogP contribution in [0.15, 0.2) is 0 Å². The molecule has 0 aromatic heterocycles. The standard InChI is InChI=1S/C13H24N2O3/c1-2-3-4-5-8-14-13(18)15-11-7-6-10(9-11)12(16)17/h10-11H,2-9H2,1H3,(H,16,17)(H2,14,15,18). The van der Waals surface area contributed by atoms with E-state index in [2.05, 4.69) is 17.6 Å². The summed E-state index contributed by atoms with van der Waals surface area (Å²) in [6.07, 6.45) is 6.51. The molecule has 0 bridgehead atoms. The number of hydrogen-bond donors (Lipinski definition) is 3. The molecule has 2 unspecified atom stereocenters. The van der Waals surface area contributed by atoms with Gasteiger partial charge in [0, 0.05) is 12.6 Å². The minimum absolute atomic E-state index is 0.0155. The Bertz CT molecular complexity index is 281. The number of carbonyl (C=O) groups is 2. The first-order valence-electron chi connectivity index (χ1n) is 6.90. The van der Waals surface area contributed by atoms with Crippen molar-refractivity contribution in [1.82, 2.24) is 10.6 Å². The monoisotopic (exact) mass is 256 g/mol. The fraction of sp³-hybridized carbons (Fsp3) is 0.846. The van der Waals surface area contributed by atoms with Gasteiger partial charge in [0.05, 0.1) is 5.92 Å². The van der Waals surface area contributed by atoms with Crippen LogP contribution < -0.4 is 10.6 Å². The van der Waals surface area contributed by atoms with Crippen molar-refractivity contribution in [2.45, 2.75) is 57.9 Å². The largest absolute Gasteiger partial charge is 0.481 e. The Hall–Kier alpha value is -1.26. The molecule has 0 aromatic carbocycles. The molecule has 3 N–H and O–H groups in total. The molecule has 0 aliphatic heterocycles. The van der Waals surface area contributed by atoms with Crippen molar-refractivity contribution < 1.29 is 14.7 Å². The lowest BCUT2D eigenvalue weighted by Crippen LogP contribution is -2.41. The van der Waals surface area contributed by atoms with Gasteiger partial charge in [-0.1, -0.05) is 26.2 Å². The predicted molar refractivity (Wildman–Crippen MR) is 69.4 cm³/mol. The Morgan fingerprint density at radius 2 is 2.00 bits per heavy atom. The van der Waals surface area contributed by atoms with Gasteiger partial charge in [0.1, 0.15) is 0 Å². The summed E-state index contributed by atoms with van der Waals surface area (Å²) in [5.41, 5.74) is 0. The van der Waals surface area contributed by atoms with Crippen LogP contribution in [0, 0.1) is 5.92 Å². The topological polar surface area (TPSA) is 78.4 Å². The van der Waals surface area contributed by atoms with E-state index in [-0.39, 0.29) is 18.0 Å². The average molecular weight is 256 g/mol. The van der Waals surface area contributed by atoms with Crippen molar-refractivity contribution in [3.63, 3.8) is 0 Å². The molecular weight excluding hydrogens is 232 g/mol. The van der Waals surface area contributed by atoms with E-state index >= 15 is 0 Å². The molecule has 104 valence electrons. The van der Waals surface area contributed by atoms with Gasteiger partial charge in [-0.05, 0) is 25.7 Å². The highest BCUT2D eigenvalue weighted by molar-refractivity contribution is 5.75. The van der Waals surface area contributed by atoms with Crippen LogP contribution in [-0.2, 0) is 4.79 Å². The molecule has 5 nitrogen and oxygen atoms in total. The van der Waals surface area contributed by atoms with Gasteiger partial charge in [0.25, 0.3) is 0 Å². The van der Waals surface area contributed by atoms with Crippen LogP contribution >= 0.6 is 0 Å². The maximum Gasteiger partial charge on any atom is 0.315 e. The van der Waals surface area contributed by atoms with E-state index in [0.29, 0.717) is 19.4 Å². The molecule has 18 heavy (non-hydrogen) atoms. The van der Waals surface area contributed by atoms with Crippen molar-refractivity contribution in [3.05, 3.63) is 0 Å². The average Bonchev–Trinajstić information content (AvgIpc) is 2.77. The van der Waals surface area contributed by atoms with E-state index in [9.17, 15) is 9.59 Å². The Morgan fingerprint density at radius 3 is 2.61 bits per heavy atom. The third-order valence-electron chi connectivity index (χ3n) is 3.43. The molecule has 2 amide bonds. The molecule has 5 heteroatoms. The summed E-state index contributed by atoms with van der Waals surface area (Å²) in [5, 5.41) is 14.5. The van der Waals surface area contributed by atoms with Crippen LogP contribution in [0.3, 0.4) is 0 Å². The molecule has 1 aliphatic rings. The molecule has 1 rings (SSSR count). The van der Waals surface area contributed by atoms with E-state index < -0.39 is 5.97 Å². The Labute approximate surface area is 108 Å². The Morgan fingerprint density at radius 1 is 1.22 bits per heavy atom. The number of rotatable bonds is 7. The molecule has 0 spiro atoms. The quantitative estimate of drug-likeness (QED) is 0.610. The van der Waals surface area contributed by atoms with Gasteiger partial charge >= 0.3 is 12.0 Å². The van der Waals surface area contributed by atoms with Crippen LogP contribution in [-0.4, -0.2) is 29.7 Å². The number of hydrogen-bond acceptors (Lipinski definition) is 2. The molecule has 0 aromatic rings. The van der Waals surface area contributed by atoms with Crippen LogP contribution in [0.25, 0.3) is 0 Å². The van der Waals surface area contributed by atoms with Gasteiger partial charge in [-0.2, -0.15) is 0 Å². The second kappa shape index (κ2) is 7.95. The normalized spacial score (nSPS) is 22.7. The SMILES string of the molecule is CCCCCCNC(=O)NC1CCC(C(=O)O)C1. The third kappa shape index (κ3) is 5.38. The Kier molecular flexibility index (Phi) is 6.54. The Balaban J connectivity index is 2.08. The molecular formula is C13H24N2O3. The van der Waals surface area contributed by atoms with E-state index in [1.165, 1.54) is 12.8 Å². The van der Waals surface area contributed by atoms with Gasteiger partial charge in [-0.3, -0.25) is 4.79 Å². The summed E-state index contributed by atoms with van der Waals surface area (Å²) in [6, 6.07) is -0.149. The lowest BCUT2D eigenvalue weighted by atomic mass is 10.1. The van der Waals surface area contributed by atoms with Gasteiger partial charge in [-0.25, -0.2) is 4.79 Å². The molecule has 2 atom stereocenters. The zero-order valence-corrected chi connectivity index (χ0v) is 11.1.